The lowest BCUT2D eigenvalue weighted by Crippen LogP contribution is -2.34. The van der Waals surface area contributed by atoms with E-state index >= 15 is 0 Å². The zero-order valence-corrected chi connectivity index (χ0v) is 19.7. The van der Waals surface area contributed by atoms with Gasteiger partial charge in [0, 0.05) is 11.8 Å². The van der Waals surface area contributed by atoms with Gasteiger partial charge in [-0.05, 0) is 104 Å². The summed E-state index contributed by atoms with van der Waals surface area (Å²) in [7, 11) is 0. The zero-order valence-electron chi connectivity index (χ0n) is 19.7. The Morgan fingerprint density at radius 1 is 0.688 bits per heavy atom. The van der Waals surface area contributed by atoms with Crippen LogP contribution in [0.15, 0.2) is 46.6 Å². The normalized spacial score (nSPS) is 39.2. The Morgan fingerprint density at radius 3 is 1.62 bits per heavy atom. The van der Waals surface area contributed by atoms with E-state index in [2.05, 4.69) is 19.1 Å². The first-order chi connectivity index (χ1) is 15.5. The molecule has 6 aliphatic carbocycles. The van der Waals surface area contributed by atoms with E-state index in [0.29, 0.717) is 29.3 Å². The third-order valence-corrected chi connectivity index (χ3v) is 9.67. The van der Waals surface area contributed by atoms with Gasteiger partial charge in [0.25, 0.3) is 0 Å². The quantitative estimate of drug-likeness (QED) is 0.485. The highest BCUT2D eigenvalue weighted by atomic mass is 16.1. The summed E-state index contributed by atoms with van der Waals surface area (Å²) in [6.07, 6.45) is 23.3. The monoisotopic (exact) mass is 430 g/mol. The summed E-state index contributed by atoms with van der Waals surface area (Å²) >= 11 is 0. The van der Waals surface area contributed by atoms with Crippen LogP contribution in [0.5, 0.6) is 0 Å². The van der Waals surface area contributed by atoms with Crippen LogP contribution in [0.3, 0.4) is 0 Å². The average Bonchev–Trinajstić information content (AvgIpc) is 2.76. The van der Waals surface area contributed by atoms with Crippen molar-refractivity contribution in [2.75, 3.05) is 0 Å². The summed E-state index contributed by atoms with van der Waals surface area (Å²) in [5.74, 6) is 4.41. The van der Waals surface area contributed by atoms with E-state index in [1.54, 1.807) is 0 Å². The van der Waals surface area contributed by atoms with E-state index in [-0.39, 0.29) is 11.8 Å². The van der Waals surface area contributed by atoms with Crippen LogP contribution in [0, 0.1) is 41.4 Å². The van der Waals surface area contributed by atoms with Crippen molar-refractivity contribution >= 4 is 11.6 Å². The Bertz CT molecular complexity index is 868. The SMILES string of the molecule is CC(CC1=CC(=O)C2C[C@@H]3CCC[C@@H](C3)C2=C1)CC1=CC(=O)[C@@H]2C[C@H]3CCCC(C3)C2=C1. The molecule has 0 N–H and O–H groups in total. The standard InChI is InChI=1S/C30H38O2/c1-18(8-21-14-25-23-6-2-4-19(10-23)12-27(25)29(31)16-21)9-22-15-26-24-7-3-5-20(11-24)13-28(26)30(32)17-22/h14-20,23-24,27-28H,2-13H2,1H3/t18?,19-,20+,23+,24?,27?,28-/m1/s1. The molecular weight excluding hydrogens is 392 g/mol. The number of ketones is 2. The van der Waals surface area contributed by atoms with Gasteiger partial charge in [-0.3, -0.25) is 9.59 Å². The Hall–Kier alpha value is -1.70. The van der Waals surface area contributed by atoms with E-state index in [1.165, 1.54) is 73.7 Å². The van der Waals surface area contributed by atoms with Crippen molar-refractivity contribution in [3.05, 3.63) is 46.6 Å². The van der Waals surface area contributed by atoms with Gasteiger partial charge in [-0.25, -0.2) is 0 Å². The van der Waals surface area contributed by atoms with E-state index in [0.717, 1.165) is 37.5 Å². The van der Waals surface area contributed by atoms with Gasteiger partial charge in [0.15, 0.2) is 11.6 Å². The summed E-state index contributed by atoms with van der Waals surface area (Å²) < 4.78 is 0. The highest BCUT2D eigenvalue weighted by molar-refractivity contribution is 5.97. The average molecular weight is 431 g/mol. The van der Waals surface area contributed by atoms with Gasteiger partial charge in [-0.1, -0.05) is 55.9 Å². The Morgan fingerprint density at radius 2 is 1.16 bits per heavy atom. The zero-order chi connectivity index (χ0) is 21.8. The molecule has 0 aromatic heterocycles. The number of carbonyl (C=O) groups is 2. The Balaban J connectivity index is 1.15. The smallest absolute Gasteiger partial charge is 0.163 e. The number of rotatable bonds is 4. The molecular formula is C30H38O2. The first-order valence-electron chi connectivity index (χ1n) is 13.4. The Labute approximate surface area is 193 Å². The number of hydrogen-bond acceptors (Lipinski definition) is 2. The van der Waals surface area contributed by atoms with Gasteiger partial charge in [0.2, 0.25) is 0 Å². The molecule has 4 bridgehead atoms. The molecule has 0 aliphatic heterocycles. The fraction of sp³-hybridized carbons (Fsp3) is 0.667. The molecule has 0 heterocycles. The number of hydrogen-bond donors (Lipinski definition) is 0. The van der Waals surface area contributed by atoms with Crippen molar-refractivity contribution in [2.45, 2.75) is 84.0 Å². The lowest BCUT2D eigenvalue weighted by atomic mass is 9.62. The summed E-state index contributed by atoms with van der Waals surface area (Å²) in [4.78, 5) is 25.9. The van der Waals surface area contributed by atoms with Crippen molar-refractivity contribution in [2.24, 2.45) is 41.4 Å². The van der Waals surface area contributed by atoms with Gasteiger partial charge in [-0.2, -0.15) is 0 Å². The van der Waals surface area contributed by atoms with Crippen molar-refractivity contribution in [3.63, 3.8) is 0 Å². The molecule has 4 saturated carbocycles. The van der Waals surface area contributed by atoms with Crippen LogP contribution in [-0.2, 0) is 9.59 Å². The molecule has 0 saturated heterocycles. The summed E-state index contributed by atoms with van der Waals surface area (Å²) in [6.45, 7) is 2.29. The predicted octanol–water partition coefficient (Wildman–Crippen LogP) is 6.93. The van der Waals surface area contributed by atoms with Crippen LogP contribution in [0.25, 0.3) is 0 Å². The number of carbonyl (C=O) groups excluding carboxylic acids is 2. The van der Waals surface area contributed by atoms with E-state index < -0.39 is 0 Å². The molecule has 6 aliphatic rings. The van der Waals surface area contributed by atoms with Gasteiger partial charge >= 0.3 is 0 Å². The molecule has 0 aromatic carbocycles. The molecule has 2 nitrogen and oxygen atoms in total. The summed E-state index contributed by atoms with van der Waals surface area (Å²) in [5, 5.41) is 0. The maximum atomic E-state index is 13.0. The van der Waals surface area contributed by atoms with Crippen molar-refractivity contribution in [1.82, 2.24) is 0 Å². The lowest BCUT2D eigenvalue weighted by Gasteiger charge is -2.42. The predicted molar refractivity (Wildman–Crippen MR) is 128 cm³/mol. The van der Waals surface area contributed by atoms with Crippen LogP contribution in [0.2, 0.25) is 0 Å². The van der Waals surface area contributed by atoms with Gasteiger partial charge in [0.1, 0.15) is 0 Å². The fourth-order valence-electron chi connectivity index (χ4n) is 8.31. The molecule has 0 radical (unpaired) electrons. The maximum Gasteiger partial charge on any atom is 0.163 e. The fourth-order valence-corrected chi connectivity index (χ4v) is 8.31. The molecule has 0 aromatic rings. The van der Waals surface area contributed by atoms with Crippen LogP contribution in [0.4, 0.5) is 0 Å². The molecule has 32 heavy (non-hydrogen) atoms. The minimum absolute atomic E-state index is 0.184. The summed E-state index contributed by atoms with van der Waals surface area (Å²) in [6, 6.07) is 0. The minimum atomic E-state index is 0.184. The van der Waals surface area contributed by atoms with Crippen LogP contribution in [-0.4, -0.2) is 11.6 Å². The number of fused-ring (bicyclic) bond motifs is 8. The molecule has 0 spiro atoms. The highest BCUT2D eigenvalue weighted by Crippen LogP contribution is 2.49. The van der Waals surface area contributed by atoms with Crippen LogP contribution in [0.1, 0.15) is 84.0 Å². The maximum absolute atomic E-state index is 13.0. The van der Waals surface area contributed by atoms with Gasteiger partial charge in [0.05, 0.1) is 0 Å². The summed E-state index contributed by atoms with van der Waals surface area (Å²) in [5.41, 5.74) is 5.39. The van der Waals surface area contributed by atoms with Crippen molar-refractivity contribution in [1.29, 1.82) is 0 Å². The largest absolute Gasteiger partial charge is 0.294 e. The van der Waals surface area contributed by atoms with E-state index in [4.69, 9.17) is 0 Å². The molecule has 2 heteroatoms. The first-order valence-corrected chi connectivity index (χ1v) is 13.4. The highest BCUT2D eigenvalue weighted by Gasteiger charge is 2.41. The molecule has 0 amide bonds. The lowest BCUT2D eigenvalue weighted by molar-refractivity contribution is -0.119. The second kappa shape index (κ2) is 8.26. The van der Waals surface area contributed by atoms with Crippen LogP contribution >= 0.6 is 0 Å². The molecule has 170 valence electrons. The molecule has 6 rings (SSSR count). The van der Waals surface area contributed by atoms with Gasteiger partial charge < -0.3 is 0 Å². The molecule has 3 unspecified atom stereocenters. The minimum Gasteiger partial charge on any atom is -0.294 e. The number of allylic oxidation sites excluding steroid dienone is 8. The molecule has 4 fully saturated rings. The van der Waals surface area contributed by atoms with E-state index in [9.17, 15) is 9.59 Å². The third kappa shape index (κ3) is 3.82. The van der Waals surface area contributed by atoms with Gasteiger partial charge in [-0.15, -0.1) is 0 Å². The topological polar surface area (TPSA) is 34.1 Å². The third-order valence-electron chi connectivity index (χ3n) is 9.67. The van der Waals surface area contributed by atoms with Crippen molar-refractivity contribution < 1.29 is 9.59 Å². The second-order valence-electron chi connectivity index (χ2n) is 12.1. The van der Waals surface area contributed by atoms with E-state index in [1.807, 2.05) is 12.2 Å². The Kier molecular flexibility index (Phi) is 5.39. The second-order valence-corrected chi connectivity index (χ2v) is 12.1. The van der Waals surface area contributed by atoms with Crippen molar-refractivity contribution in [3.8, 4) is 0 Å². The van der Waals surface area contributed by atoms with Crippen LogP contribution < -0.4 is 0 Å². The first kappa shape index (κ1) is 20.9. The molecule has 7 atom stereocenters.